The van der Waals surface area contributed by atoms with Crippen molar-refractivity contribution >= 4 is 5.78 Å². The number of benzene rings is 1. The van der Waals surface area contributed by atoms with E-state index in [1.807, 2.05) is 24.3 Å². The van der Waals surface area contributed by atoms with E-state index in [0.29, 0.717) is 18.9 Å². The molecule has 1 aromatic rings. The van der Waals surface area contributed by atoms with Gasteiger partial charge in [0, 0.05) is 12.2 Å². The van der Waals surface area contributed by atoms with Crippen molar-refractivity contribution in [3.05, 3.63) is 35.4 Å². The number of hydrogen-bond donors (Lipinski definition) is 0. The van der Waals surface area contributed by atoms with Crippen molar-refractivity contribution in [2.75, 3.05) is 13.2 Å². The van der Waals surface area contributed by atoms with Crippen molar-refractivity contribution in [1.82, 2.24) is 0 Å². The molecule has 0 heterocycles. The third-order valence-electron chi connectivity index (χ3n) is 4.00. The zero-order valence-electron chi connectivity index (χ0n) is 14.1. The molecule has 0 N–H and O–H groups in total. The molecule has 1 aromatic carbocycles. The molecule has 3 heteroatoms. The van der Waals surface area contributed by atoms with Gasteiger partial charge in [-0.1, -0.05) is 57.4 Å². The number of ketones is 1. The van der Waals surface area contributed by atoms with Gasteiger partial charge in [-0.15, -0.1) is 0 Å². The van der Waals surface area contributed by atoms with E-state index >= 15 is 0 Å². The molecule has 1 rings (SSSR count). The number of carbonyl (C=O) groups is 1. The Hall–Kier alpha value is -1.22. The highest BCUT2D eigenvalue weighted by Crippen LogP contribution is 2.20. The van der Waals surface area contributed by atoms with E-state index < -0.39 is 6.17 Å². The van der Waals surface area contributed by atoms with Gasteiger partial charge in [0.25, 0.3) is 0 Å². The van der Waals surface area contributed by atoms with Gasteiger partial charge in [0.1, 0.15) is 6.17 Å². The molecule has 0 aliphatic rings. The molecule has 22 heavy (non-hydrogen) atoms. The number of halogens is 1. The normalized spacial score (nSPS) is 13.8. The average molecular weight is 308 g/mol. The van der Waals surface area contributed by atoms with Crippen LogP contribution in [0.3, 0.4) is 0 Å². The highest BCUT2D eigenvalue weighted by molar-refractivity contribution is 5.94. The lowest BCUT2D eigenvalue weighted by Crippen LogP contribution is -2.12. The Labute approximate surface area is 134 Å². The van der Waals surface area contributed by atoms with Crippen LogP contribution >= 0.6 is 0 Å². The van der Waals surface area contributed by atoms with E-state index in [1.165, 1.54) is 5.56 Å². The van der Waals surface area contributed by atoms with E-state index in [0.717, 1.165) is 31.2 Å². The van der Waals surface area contributed by atoms with Crippen LogP contribution in [0, 0.1) is 0 Å². The smallest absolute Gasteiger partial charge is 0.159 e. The van der Waals surface area contributed by atoms with E-state index in [-0.39, 0.29) is 12.4 Å². The maximum Gasteiger partial charge on any atom is 0.159 e. The Morgan fingerprint density at radius 1 is 1.18 bits per heavy atom. The van der Waals surface area contributed by atoms with Crippen molar-refractivity contribution in [1.29, 1.82) is 0 Å². The third kappa shape index (κ3) is 7.17. The molecule has 0 fully saturated rings. The molecule has 0 bridgehead atoms. The number of ether oxygens (including phenoxy) is 1. The molecule has 0 amide bonds. The largest absolute Gasteiger partial charge is 0.378 e. The Morgan fingerprint density at radius 2 is 1.86 bits per heavy atom. The van der Waals surface area contributed by atoms with E-state index in [4.69, 9.17) is 4.74 Å². The van der Waals surface area contributed by atoms with Crippen LogP contribution in [-0.2, 0) is 4.74 Å². The minimum absolute atomic E-state index is 0.0830. The first-order valence-electron chi connectivity index (χ1n) is 8.37. The lowest BCUT2D eigenvalue weighted by Gasteiger charge is -2.14. The fourth-order valence-electron chi connectivity index (χ4n) is 2.38. The quantitative estimate of drug-likeness (QED) is 0.408. The molecule has 0 radical (unpaired) electrons. The highest BCUT2D eigenvalue weighted by Gasteiger charge is 2.09. The van der Waals surface area contributed by atoms with Crippen LogP contribution < -0.4 is 0 Å². The third-order valence-corrected chi connectivity index (χ3v) is 4.00. The summed E-state index contributed by atoms with van der Waals surface area (Å²) in [4.78, 5) is 11.2. The van der Waals surface area contributed by atoms with Crippen LogP contribution in [0.2, 0.25) is 0 Å². The average Bonchev–Trinajstić information content (AvgIpc) is 2.51. The van der Waals surface area contributed by atoms with Crippen LogP contribution in [0.15, 0.2) is 24.3 Å². The zero-order chi connectivity index (χ0) is 16.4. The monoisotopic (exact) mass is 308 g/mol. The van der Waals surface area contributed by atoms with Crippen molar-refractivity contribution in [2.24, 2.45) is 0 Å². The molecular weight excluding hydrogens is 279 g/mol. The van der Waals surface area contributed by atoms with Gasteiger partial charge < -0.3 is 4.74 Å². The first-order chi connectivity index (χ1) is 10.5. The van der Waals surface area contributed by atoms with Crippen molar-refractivity contribution in [3.8, 4) is 0 Å². The first kappa shape index (κ1) is 18.8. The summed E-state index contributed by atoms with van der Waals surface area (Å²) in [6.07, 6.45) is 3.79. The fraction of sp³-hybridized carbons (Fsp3) is 0.632. The summed E-state index contributed by atoms with van der Waals surface area (Å²) in [6.45, 7) is 6.60. The summed E-state index contributed by atoms with van der Waals surface area (Å²) in [6, 6.07) is 7.70. The van der Waals surface area contributed by atoms with Gasteiger partial charge in [-0.25, -0.2) is 4.39 Å². The van der Waals surface area contributed by atoms with Crippen molar-refractivity contribution in [2.45, 2.75) is 65.0 Å². The summed E-state index contributed by atoms with van der Waals surface area (Å²) in [5, 5.41) is 0. The summed E-state index contributed by atoms with van der Waals surface area (Å²) in [7, 11) is 0. The molecule has 0 spiro atoms. The Bertz CT molecular complexity index is 428. The van der Waals surface area contributed by atoms with Gasteiger partial charge >= 0.3 is 0 Å². The maximum atomic E-state index is 13.5. The summed E-state index contributed by atoms with van der Waals surface area (Å²) in [5.41, 5.74) is 1.92. The molecule has 0 aromatic heterocycles. The number of hydrogen-bond acceptors (Lipinski definition) is 2. The van der Waals surface area contributed by atoms with Gasteiger partial charge in [-0.2, -0.15) is 0 Å². The van der Waals surface area contributed by atoms with Crippen molar-refractivity contribution < 1.29 is 13.9 Å². The topological polar surface area (TPSA) is 26.3 Å². The lowest BCUT2D eigenvalue weighted by molar-refractivity contribution is 0.0723. The van der Waals surface area contributed by atoms with Gasteiger partial charge in [-0.3, -0.25) is 4.79 Å². The fourth-order valence-corrected chi connectivity index (χ4v) is 2.38. The van der Waals surface area contributed by atoms with Crippen LogP contribution in [0.5, 0.6) is 0 Å². The van der Waals surface area contributed by atoms with Crippen LogP contribution in [0.25, 0.3) is 0 Å². The van der Waals surface area contributed by atoms with Crippen molar-refractivity contribution in [3.63, 3.8) is 0 Å². The predicted octanol–water partition coefficient (Wildman–Crippen LogP) is 5.32. The van der Waals surface area contributed by atoms with E-state index in [2.05, 4.69) is 13.8 Å². The standard InChI is InChI=1S/C19H29FO2/c1-4-5-6-7-19(20)14-22-13-12-15(2)17-8-10-18(11-9-17)16(3)21/h8-11,15,19H,4-7,12-14H2,1-3H3. The van der Waals surface area contributed by atoms with E-state index in [9.17, 15) is 9.18 Å². The summed E-state index contributed by atoms with van der Waals surface area (Å²) in [5.74, 6) is 0.429. The van der Waals surface area contributed by atoms with E-state index in [1.54, 1.807) is 6.92 Å². The number of unbranched alkanes of at least 4 members (excludes halogenated alkanes) is 2. The van der Waals surface area contributed by atoms with Gasteiger partial charge in [0.05, 0.1) is 6.61 Å². The Balaban J connectivity index is 2.22. The lowest BCUT2D eigenvalue weighted by atomic mass is 9.96. The molecule has 0 aliphatic heterocycles. The second-order valence-electron chi connectivity index (χ2n) is 6.04. The molecular formula is C19H29FO2. The van der Waals surface area contributed by atoms with Gasteiger partial charge in [-0.05, 0) is 31.2 Å². The molecule has 0 aliphatic carbocycles. The highest BCUT2D eigenvalue weighted by atomic mass is 19.1. The first-order valence-corrected chi connectivity index (χ1v) is 8.37. The van der Waals surface area contributed by atoms with Gasteiger partial charge in [0.15, 0.2) is 5.78 Å². The molecule has 2 nitrogen and oxygen atoms in total. The SMILES string of the molecule is CCCCCC(F)COCCC(C)c1ccc(C(C)=O)cc1. The second kappa shape index (κ2) is 10.5. The number of alkyl halides is 1. The zero-order valence-corrected chi connectivity index (χ0v) is 14.1. The Kier molecular flexibility index (Phi) is 8.98. The molecule has 0 saturated heterocycles. The minimum Gasteiger partial charge on any atom is -0.378 e. The predicted molar refractivity (Wildman–Crippen MR) is 89.3 cm³/mol. The van der Waals surface area contributed by atoms with Crippen LogP contribution in [0.1, 0.15) is 74.7 Å². The number of Topliss-reactive ketones (excluding diaryl/α,β-unsaturated/α-hetero) is 1. The molecule has 2 atom stereocenters. The summed E-state index contributed by atoms with van der Waals surface area (Å²) < 4.78 is 19.0. The molecule has 0 saturated carbocycles. The Morgan fingerprint density at radius 3 is 2.45 bits per heavy atom. The maximum absolute atomic E-state index is 13.5. The number of rotatable bonds is 11. The van der Waals surface area contributed by atoms with Crippen LogP contribution in [0.4, 0.5) is 4.39 Å². The summed E-state index contributed by atoms with van der Waals surface area (Å²) >= 11 is 0. The minimum atomic E-state index is -0.836. The number of carbonyl (C=O) groups excluding carboxylic acids is 1. The second-order valence-corrected chi connectivity index (χ2v) is 6.04. The van der Waals surface area contributed by atoms with Crippen LogP contribution in [-0.4, -0.2) is 25.2 Å². The molecule has 124 valence electrons. The van der Waals surface area contributed by atoms with Gasteiger partial charge in [0.2, 0.25) is 0 Å². The molecule has 2 unspecified atom stereocenters.